The Morgan fingerprint density at radius 2 is 1.53 bits per heavy atom. The average molecular weight is 470 g/mol. The minimum absolute atomic E-state index is 0.0494. The van der Waals surface area contributed by atoms with Crippen molar-refractivity contribution in [2.24, 2.45) is 16.5 Å². The van der Waals surface area contributed by atoms with Gasteiger partial charge >= 0.3 is 12.1 Å². The molecule has 10 nitrogen and oxygen atoms in total. The lowest BCUT2D eigenvalue weighted by atomic mass is 10.0. The Hall–Kier alpha value is -4.08. The number of benzene rings is 2. The zero-order chi connectivity index (χ0) is 24.8. The van der Waals surface area contributed by atoms with Crippen LogP contribution in [-0.4, -0.2) is 49.7 Å². The minimum Gasteiger partial charge on any atom is -0.467 e. The second kappa shape index (κ2) is 14.1. The summed E-state index contributed by atoms with van der Waals surface area (Å²) in [7, 11) is 1.25. The Bertz CT molecular complexity index is 949. The van der Waals surface area contributed by atoms with Crippen molar-refractivity contribution in [1.82, 2.24) is 10.6 Å². The molecule has 2 rings (SSSR count). The lowest BCUT2D eigenvalue weighted by Crippen LogP contribution is -2.52. The molecule has 0 fully saturated rings. The maximum atomic E-state index is 13.0. The topological polar surface area (TPSA) is 158 Å². The van der Waals surface area contributed by atoms with Crippen molar-refractivity contribution in [3.05, 3.63) is 71.8 Å². The second-order valence-electron chi connectivity index (χ2n) is 7.48. The van der Waals surface area contributed by atoms with E-state index < -0.39 is 30.1 Å². The van der Waals surface area contributed by atoms with Gasteiger partial charge in [0.05, 0.1) is 7.11 Å². The van der Waals surface area contributed by atoms with E-state index in [4.69, 9.17) is 20.9 Å². The molecule has 0 saturated carbocycles. The first kappa shape index (κ1) is 26.2. The number of nitrogens with two attached hydrogens (primary N) is 2. The average Bonchev–Trinajstić information content (AvgIpc) is 2.84. The van der Waals surface area contributed by atoms with Gasteiger partial charge in [-0.15, -0.1) is 0 Å². The molecule has 10 heteroatoms. The number of carbonyl (C=O) groups excluding carboxylic acids is 3. The molecule has 34 heavy (non-hydrogen) atoms. The molecule has 0 heterocycles. The largest absolute Gasteiger partial charge is 0.467 e. The summed E-state index contributed by atoms with van der Waals surface area (Å²) < 4.78 is 10.1. The highest BCUT2D eigenvalue weighted by molar-refractivity contribution is 5.89. The highest BCUT2D eigenvalue weighted by atomic mass is 16.5. The van der Waals surface area contributed by atoms with Gasteiger partial charge in [0.2, 0.25) is 5.91 Å². The van der Waals surface area contributed by atoms with Crippen molar-refractivity contribution in [2.45, 2.75) is 38.0 Å². The third kappa shape index (κ3) is 9.60. The summed E-state index contributed by atoms with van der Waals surface area (Å²) >= 11 is 0. The van der Waals surface area contributed by atoms with Crippen LogP contribution in [0.1, 0.15) is 24.0 Å². The number of nitrogens with one attached hydrogen (secondary N) is 2. The molecular weight excluding hydrogens is 438 g/mol. The lowest BCUT2D eigenvalue weighted by Gasteiger charge is -2.22. The third-order valence-electron chi connectivity index (χ3n) is 4.85. The fourth-order valence-corrected chi connectivity index (χ4v) is 3.14. The van der Waals surface area contributed by atoms with Crippen molar-refractivity contribution in [3.63, 3.8) is 0 Å². The van der Waals surface area contributed by atoms with Crippen molar-refractivity contribution in [1.29, 1.82) is 0 Å². The van der Waals surface area contributed by atoms with Crippen LogP contribution >= 0.6 is 0 Å². The minimum atomic E-state index is -0.972. The van der Waals surface area contributed by atoms with Gasteiger partial charge in [0.1, 0.15) is 18.7 Å². The number of rotatable bonds is 12. The van der Waals surface area contributed by atoms with Gasteiger partial charge in [0, 0.05) is 13.0 Å². The van der Waals surface area contributed by atoms with Crippen LogP contribution in [0.15, 0.2) is 65.7 Å². The number of methoxy groups -OCH3 is 1. The molecule has 0 unspecified atom stereocenters. The summed E-state index contributed by atoms with van der Waals surface area (Å²) in [6.45, 7) is 0.325. The van der Waals surface area contributed by atoms with Crippen molar-refractivity contribution >= 4 is 23.9 Å². The zero-order valence-corrected chi connectivity index (χ0v) is 19.1. The van der Waals surface area contributed by atoms with E-state index in [1.807, 2.05) is 60.7 Å². The predicted octanol–water partition coefficient (Wildman–Crippen LogP) is 1.24. The molecule has 0 aromatic heterocycles. The summed E-state index contributed by atoms with van der Waals surface area (Å²) in [4.78, 5) is 41.6. The third-order valence-corrected chi connectivity index (χ3v) is 4.85. The summed E-state index contributed by atoms with van der Waals surface area (Å²) in [5.74, 6) is -1.21. The zero-order valence-electron chi connectivity index (χ0n) is 19.1. The molecule has 0 aliphatic rings. The second-order valence-corrected chi connectivity index (χ2v) is 7.48. The Balaban J connectivity index is 2.04. The van der Waals surface area contributed by atoms with Crippen molar-refractivity contribution in [3.8, 4) is 0 Å². The van der Waals surface area contributed by atoms with Gasteiger partial charge in [-0.05, 0) is 24.0 Å². The Morgan fingerprint density at radius 1 is 0.912 bits per heavy atom. The molecule has 0 aliphatic heterocycles. The lowest BCUT2D eigenvalue weighted by molar-refractivity contribution is -0.145. The van der Waals surface area contributed by atoms with E-state index in [9.17, 15) is 14.4 Å². The number of carbonyl (C=O) groups is 3. The summed E-state index contributed by atoms with van der Waals surface area (Å²) in [5.41, 5.74) is 12.3. The van der Waals surface area contributed by atoms with Gasteiger partial charge in [0.25, 0.3) is 0 Å². The molecule has 2 aromatic carbocycles. The van der Waals surface area contributed by atoms with Crippen molar-refractivity contribution < 1.29 is 23.9 Å². The van der Waals surface area contributed by atoms with Gasteiger partial charge < -0.3 is 31.6 Å². The fraction of sp³-hybridized carbons (Fsp3) is 0.333. The molecular formula is C24H31N5O5. The van der Waals surface area contributed by atoms with E-state index in [0.29, 0.717) is 6.42 Å². The highest BCUT2D eigenvalue weighted by Crippen LogP contribution is 2.07. The van der Waals surface area contributed by atoms with Crippen LogP contribution < -0.4 is 22.1 Å². The standard InChI is InChI=1S/C24H31N5O5/c1-33-22(31)20(15-17-9-4-2-5-10-17)28-21(30)19(13-8-14-27-23(25)26)29-24(32)34-16-18-11-6-3-7-12-18/h2-7,9-12,19-20H,8,13-16H2,1H3,(H,28,30)(H,29,32)(H4,25,26,27)/t19-,20-/m0/s1. The normalized spacial score (nSPS) is 12.0. The summed E-state index contributed by atoms with van der Waals surface area (Å²) in [6.07, 6.45) is 0.112. The monoisotopic (exact) mass is 469 g/mol. The number of esters is 1. The van der Waals surface area contributed by atoms with E-state index in [0.717, 1.165) is 11.1 Å². The first-order valence-corrected chi connectivity index (χ1v) is 10.8. The number of aliphatic imine (C=N–C) groups is 1. The van der Waals surface area contributed by atoms with E-state index in [1.54, 1.807) is 0 Å². The number of guanidine groups is 1. The molecule has 6 N–H and O–H groups in total. The van der Waals surface area contributed by atoms with Crippen molar-refractivity contribution in [2.75, 3.05) is 13.7 Å². The highest BCUT2D eigenvalue weighted by Gasteiger charge is 2.27. The fourth-order valence-electron chi connectivity index (χ4n) is 3.14. The molecule has 0 bridgehead atoms. The number of amides is 2. The van der Waals surface area contributed by atoms with E-state index in [-0.39, 0.29) is 32.0 Å². The molecule has 2 atom stereocenters. The van der Waals surface area contributed by atoms with Crippen LogP contribution in [0.2, 0.25) is 0 Å². The Morgan fingerprint density at radius 3 is 2.12 bits per heavy atom. The molecule has 2 aromatic rings. The van der Waals surface area contributed by atoms with Gasteiger partial charge in [-0.1, -0.05) is 60.7 Å². The van der Waals surface area contributed by atoms with E-state index in [1.165, 1.54) is 7.11 Å². The van der Waals surface area contributed by atoms with Gasteiger partial charge in [-0.25, -0.2) is 9.59 Å². The van der Waals surface area contributed by atoms with Crippen LogP contribution in [0.5, 0.6) is 0 Å². The Kier molecular flexibility index (Phi) is 10.9. The van der Waals surface area contributed by atoms with Gasteiger partial charge in [-0.2, -0.15) is 0 Å². The van der Waals surface area contributed by atoms with E-state index in [2.05, 4.69) is 15.6 Å². The summed E-state index contributed by atoms with van der Waals surface area (Å²) in [5, 5.41) is 5.24. The smallest absolute Gasteiger partial charge is 0.408 e. The number of alkyl carbamates (subject to hydrolysis) is 1. The Labute approximate surface area is 198 Å². The maximum absolute atomic E-state index is 13.0. The first-order chi connectivity index (χ1) is 16.4. The quantitative estimate of drug-likeness (QED) is 0.157. The van der Waals surface area contributed by atoms with Gasteiger partial charge in [-0.3, -0.25) is 9.79 Å². The van der Waals surface area contributed by atoms with Crippen LogP contribution in [0, 0.1) is 0 Å². The molecule has 0 aliphatic carbocycles. The molecule has 0 radical (unpaired) electrons. The molecule has 0 saturated heterocycles. The number of ether oxygens (including phenoxy) is 2. The first-order valence-electron chi connectivity index (χ1n) is 10.8. The number of hydrogen-bond acceptors (Lipinski definition) is 6. The van der Waals surface area contributed by atoms with Crippen LogP contribution in [0.3, 0.4) is 0 Å². The van der Waals surface area contributed by atoms with Crippen LogP contribution in [0.25, 0.3) is 0 Å². The van der Waals surface area contributed by atoms with Crippen LogP contribution in [0.4, 0.5) is 4.79 Å². The predicted molar refractivity (Wildman–Crippen MR) is 128 cm³/mol. The SMILES string of the molecule is COC(=O)[C@H](Cc1ccccc1)NC(=O)[C@H](CCCN=C(N)N)NC(=O)OCc1ccccc1. The molecule has 0 spiro atoms. The number of hydrogen-bond donors (Lipinski definition) is 4. The molecule has 2 amide bonds. The van der Waals surface area contributed by atoms with Crippen LogP contribution in [-0.2, 0) is 32.1 Å². The van der Waals surface area contributed by atoms with E-state index >= 15 is 0 Å². The number of nitrogens with zero attached hydrogens (tertiary/aromatic N) is 1. The molecule has 182 valence electrons. The maximum Gasteiger partial charge on any atom is 0.408 e. The van der Waals surface area contributed by atoms with Gasteiger partial charge in [0.15, 0.2) is 5.96 Å². The summed E-state index contributed by atoms with van der Waals surface area (Å²) in [6, 6.07) is 16.5.